The summed E-state index contributed by atoms with van der Waals surface area (Å²) < 4.78 is 5.85. The van der Waals surface area contributed by atoms with E-state index in [1.54, 1.807) is 6.07 Å². The minimum absolute atomic E-state index is 0.197. The van der Waals surface area contributed by atoms with Crippen molar-refractivity contribution in [1.29, 1.82) is 0 Å². The first-order chi connectivity index (χ1) is 8.69. The maximum absolute atomic E-state index is 12.1. The van der Waals surface area contributed by atoms with E-state index in [0.717, 1.165) is 3.57 Å². The molecule has 0 heterocycles. The third kappa shape index (κ3) is 3.73. The second kappa shape index (κ2) is 5.96. The SMILES string of the molecule is COc1cc(I)c(Cl)cc1C(=O)NC(C)(C)C(=O)O. The van der Waals surface area contributed by atoms with E-state index < -0.39 is 17.4 Å². The highest BCUT2D eigenvalue weighted by Gasteiger charge is 2.30. The molecule has 1 aromatic rings. The van der Waals surface area contributed by atoms with Gasteiger partial charge in [-0.3, -0.25) is 4.79 Å². The van der Waals surface area contributed by atoms with Crippen LogP contribution in [0.15, 0.2) is 12.1 Å². The number of carboxylic acids is 1. The zero-order valence-electron chi connectivity index (χ0n) is 10.6. The lowest BCUT2D eigenvalue weighted by Crippen LogP contribution is -2.49. The molecule has 0 aromatic heterocycles. The van der Waals surface area contributed by atoms with Crippen LogP contribution in [0, 0.1) is 3.57 Å². The first-order valence-corrected chi connectivity index (χ1v) is 6.73. The zero-order valence-corrected chi connectivity index (χ0v) is 13.5. The molecular formula is C12H13ClINO4. The van der Waals surface area contributed by atoms with Crippen LogP contribution in [0.5, 0.6) is 5.75 Å². The second-order valence-corrected chi connectivity index (χ2v) is 5.92. The smallest absolute Gasteiger partial charge is 0.328 e. The summed E-state index contributed by atoms with van der Waals surface area (Å²) in [7, 11) is 1.43. The van der Waals surface area contributed by atoms with Gasteiger partial charge in [0.1, 0.15) is 11.3 Å². The number of methoxy groups -OCH3 is 1. The van der Waals surface area contributed by atoms with E-state index in [2.05, 4.69) is 5.32 Å². The molecule has 19 heavy (non-hydrogen) atoms. The van der Waals surface area contributed by atoms with E-state index >= 15 is 0 Å². The Morgan fingerprint density at radius 3 is 2.47 bits per heavy atom. The lowest BCUT2D eigenvalue weighted by molar-refractivity contribution is -0.143. The predicted octanol–water partition coefficient (Wildman–Crippen LogP) is 2.55. The van der Waals surface area contributed by atoms with Crippen molar-refractivity contribution in [2.75, 3.05) is 7.11 Å². The zero-order chi connectivity index (χ0) is 14.8. The van der Waals surface area contributed by atoms with Gasteiger partial charge in [-0.2, -0.15) is 0 Å². The summed E-state index contributed by atoms with van der Waals surface area (Å²) in [6, 6.07) is 3.07. The fraction of sp³-hybridized carbons (Fsp3) is 0.333. The van der Waals surface area contributed by atoms with Gasteiger partial charge in [0.2, 0.25) is 0 Å². The molecule has 0 spiro atoms. The molecule has 0 atom stereocenters. The van der Waals surface area contributed by atoms with Gasteiger partial charge in [0.15, 0.2) is 0 Å². The van der Waals surface area contributed by atoms with Crippen molar-refractivity contribution in [3.05, 3.63) is 26.3 Å². The van der Waals surface area contributed by atoms with Gasteiger partial charge in [0.25, 0.3) is 5.91 Å². The molecular weight excluding hydrogens is 384 g/mol. The number of carbonyl (C=O) groups is 2. The van der Waals surface area contributed by atoms with Gasteiger partial charge < -0.3 is 15.2 Å². The molecule has 0 saturated heterocycles. The van der Waals surface area contributed by atoms with Crippen molar-refractivity contribution in [2.24, 2.45) is 0 Å². The van der Waals surface area contributed by atoms with Crippen molar-refractivity contribution >= 4 is 46.1 Å². The summed E-state index contributed by atoms with van der Waals surface area (Å²) in [6.07, 6.45) is 0. The molecule has 0 aliphatic rings. The van der Waals surface area contributed by atoms with Crippen LogP contribution in [0.1, 0.15) is 24.2 Å². The first-order valence-electron chi connectivity index (χ1n) is 5.28. The van der Waals surface area contributed by atoms with Gasteiger partial charge in [0.05, 0.1) is 17.7 Å². The summed E-state index contributed by atoms with van der Waals surface area (Å²) in [5, 5.41) is 11.8. The summed E-state index contributed by atoms with van der Waals surface area (Å²) in [4.78, 5) is 23.1. The van der Waals surface area contributed by atoms with Crippen LogP contribution in [0.3, 0.4) is 0 Å². The highest BCUT2D eigenvalue weighted by molar-refractivity contribution is 14.1. The Morgan fingerprint density at radius 2 is 2.00 bits per heavy atom. The summed E-state index contributed by atoms with van der Waals surface area (Å²) in [6.45, 7) is 2.79. The molecule has 0 aliphatic carbocycles. The molecule has 0 bridgehead atoms. The third-order valence-electron chi connectivity index (χ3n) is 2.45. The van der Waals surface area contributed by atoms with Crippen LogP contribution in [0.2, 0.25) is 5.02 Å². The van der Waals surface area contributed by atoms with E-state index in [9.17, 15) is 9.59 Å². The number of hydrogen-bond acceptors (Lipinski definition) is 3. The molecule has 1 amide bonds. The van der Waals surface area contributed by atoms with E-state index in [-0.39, 0.29) is 5.56 Å². The Bertz CT molecular complexity index is 531. The number of ether oxygens (including phenoxy) is 1. The average molecular weight is 398 g/mol. The minimum Gasteiger partial charge on any atom is -0.496 e. The summed E-state index contributed by atoms with van der Waals surface area (Å²) in [5.74, 6) is -1.34. The molecule has 2 N–H and O–H groups in total. The number of aliphatic carboxylic acids is 1. The van der Waals surface area contributed by atoms with Crippen LogP contribution in [-0.2, 0) is 4.79 Å². The molecule has 0 fully saturated rings. The Morgan fingerprint density at radius 1 is 1.42 bits per heavy atom. The van der Waals surface area contributed by atoms with Gasteiger partial charge in [-0.25, -0.2) is 4.79 Å². The summed E-state index contributed by atoms with van der Waals surface area (Å²) in [5.41, 5.74) is -1.18. The van der Waals surface area contributed by atoms with E-state index in [4.69, 9.17) is 21.4 Å². The van der Waals surface area contributed by atoms with Gasteiger partial charge in [-0.1, -0.05) is 11.6 Å². The lowest BCUT2D eigenvalue weighted by Gasteiger charge is -2.21. The monoisotopic (exact) mass is 397 g/mol. The molecule has 1 aromatic carbocycles. The molecule has 7 heteroatoms. The Balaban J connectivity index is 3.13. The second-order valence-electron chi connectivity index (χ2n) is 4.35. The quantitative estimate of drug-likeness (QED) is 0.766. The fourth-order valence-electron chi connectivity index (χ4n) is 1.28. The number of nitrogens with one attached hydrogen (secondary N) is 1. The van der Waals surface area contributed by atoms with Crippen LogP contribution >= 0.6 is 34.2 Å². The number of carbonyl (C=O) groups excluding carboxylic acids is 1. The van der Waals surface area contributed by atoms with Crippen LogP contribution in [-0.4, -0.2) is 29.6 Å². The Kier molecular flexibility index (Phi) is 5.03. The molecule has 104 valence electrons. The number of rotatable bonds is 4. The van der Waals surface area contributed by atoms with Gasteiger partial charge >= 0.3 is 5.97 Å². The standard InChI is InChI=1S/C12H13ClINO4/c1-12(2,11(17)18)15-10(16)6-4-7(13)8(14)5-9(6)19-3/h4-5H,1-3H3,(H,15,16)(H,17,18). The van der Waals surface area contributed by atoms with Crippen molar-refractivity contribution in [3.63, 3.8) is 0 Å². The van der Waals surface area contributed by atoms with Crippen molar-refractivity contribution in [2.45, 2.75) is 19.4 Å². The van der Waals surface area contributed by atoms with Crippen LogP contribution in [0.25, 0.3) is 0 Å². The highest BCUT2D eigenvalue weighted by Crippen LogP contribution is 2.28. The van der Waals surface area contributed by atoms with E-state index in [1.807, 2.05) is 22.6 Å². The maximum atomic E-state index is 12.1. The summed E-state index contributed by atoms with van der Waals surface area (Å²) >= 11 is 7.98. The number of hydrogen-bond donors (Lipinski definition) is 2. The van der Waals surface area contributed by atoms with Gasteiger partial charge in [-0.05, 0) is 48.6 Å². The molecule has 1 rings (SSSR count). The minimum atomic E-state index is -1.38. The number of carboxylic acid groups (broad SMARTS) is 1. The maximum Gasteiger partial charge on any atom is 0.328 e. The van der Waals surface area contributed by atoms with Crippen molar-refractivity contribution in [3.8, 4) is 5.75 Å². The molecule has 0 aliphatic heterocycles. The molecule has 0 unspecified atom stereocenters. The van der Waals surface area contributed by atoms with Gasteiger partial charge in [-0.15, -0.1) is 0 Å². The third-order valence-corrected chi connectivity index (χ3v) is 3.97. The first kappa shape index (κ1) is 16.0. The predicted molar refractivity (Wildman–Crippen MR) is 79.9 cm³/mol. The molecule has 0 saturated carbocycles. The van der Waals surface area contributed by atoms with E-state index in [1.165, 1.54) is 27.0 Å². The van der Waals surface area contributed by atoms with Crippen molar-refractivity contribution < 1.29 is 19.4 Å². The van der Waals surface area contributed by atoms with Crippen LogP contribution in [0.4, 0.5) is 0 Å². The topological polar surface area (TPSA) is 75.6 Å². The number of benzene rings is 1. The largest absolute Gasteiger partial charge is 0.496 e. The Labute approximate surface area is 129 Å². The van der Waals surface area contributed by atoms with Gasteiger partial charge in [0, 0.05) is 3.57 Å². The fourth-order valence-corrected chi connectivity index (χ4v) is 1.88. The average Bonchev–Trinajstić information content (AvgIpc) is 2.31. The molecule has 0 radical (unpaired) electrons. The highest BCUT2D eigenvalue weighted by atomic mass is 127. The van der Waals surface area contributed by atoms with Crippen LogP contribution < -0.4 is 10.1 Å². The lowest BCUT2D eigenvalue weighted by atomic mass is 10.0. The molecule has 5 nitrogen and oxygen atoms in total. The van der Waals surface area contributed by atoms with E-state index in [0.29, 0.717) is 10.8 Å². The number of halogens is 2. The number of amides is 1. The normalized spacial score (nSPS) is 11.0. The Hall–Kier alpha value is -1.02. The van der Waals surface area contributed by atoms with Crippen molar-refractivity contribution in [1.82, 2.24) is 5.32 Å².